The van der Waals surface area contributed by atoms with Crippen molar-refractivity contribution in [3.63, 3.8) is 0 Å². The maximum atomic E-state index is 12.3. The zero-order valence-electron chi connectivity index (χ0n) is 12.7. The standard InChI is InChI=1S/C14H20N4O2S/c1-5-10-11(21-9(4)18-10)6-15-13(19)12-7(2)16-14(20)17-8(12)3/h7H,5-6H2,1-4H3,(H,15,19)(H2,16,17,20)/t7-/m1/s1. The Kier molecular flexibility index (Phi) is 4.62. The molecule has 1 aliphatic rings. The predicted molar refractivity (Wildman–Crippen MR) is 81.9 cm³/mol. The number of carbonyl (C=O) groups excluding carboxylic acids is 2. The van der Waals surface area contributed by atoms with Gasteiger partial charge in [-0.3, -0.25) is 4.79 Å². The maximum Gasteiger partial charge on any atom is 0.319 e. The summed E-state index contributed by atoms with van der Waals surface area (Å²) in [6.45, 7) is 8.01. The number of allylic oxidation sites excluding steroid dienone is 1. The van der Waals surface area contributed by atoms with Gasteiger partial charge in [0, 0.05) is 10.6 Å². The summed E-state index contributed by atoms with van der Waals surface area (Å²) in [7, 11) is 0. The third kappa shape index (κ3) is 3.41. The number of nitrogens with one attached hydrogen (secondary N) is 3. The molecule has 3 N–H and O–H groups in total. The minimum absolute atomic E-state index is 0.166. The van der Waals surface area contributed by atoms with Crippen molar-refractivity contribution in [3.05, 3.63) is 26.8 Å². The fourth-order valence-corrected chi connectivity index (χ4v) is 3.38. The first-order chi connectivity index (χ1) is 9.92. The van der Waals surface area contributed by atoms with Gasteiger partial charge in [0.25, 0.3) is 5.91 Å². The molecule has 0 saturated heterocycles. The highest BCUT2D eigenvalue weighted by Gasteiger charge is 2.26. The topological polar surface area (TPSA) is 83.1 Å². The van der Waals surface area contributed by atoms with E-state index >= 15 is 0 Å². The molecule has 0 fully saturated rings. The van der Waals surface area contributed by atoms with Gasteiger partial charge in [-0.25, -0.2) is 9.78 Å². The molecule has 21 heavy (non-hydrogen) atoms. The Morgan fingerprint density at radius 1 is 1.43 bits per heavy atom. The van der Waals surface area contributed by atoms with E-state index in [4.69, 9.17) is 0 Å². The van der Waals surface area contributed by atoms with Crippen molar-refractivity contribution in [2.75, 3.05) is 0 Å². The predicted octanol–water partition coefficient (Wildman–Crippen LogP) is 1.61. The van der Waals surface area contributed by atoms with Crippen molar-refractivity contribution in [1.29, 1.82) is 0 Å². The molecule has 0 radical (unpaired) electrons. The molecule has 1 aliphatic heterocycles. The normalized spacial score (nSPS) is 18.3. The third-order valence-corrected chi connectivity index (χ3v) is 4.37. The van der Waals surface area contributed by atoms with E-state index in [0.717, 1.165) is 22.0 Å². The second kappa shape index (κ2) is 6.26. The Morgan fingerprint density at radius 2 is 2.14 bits per heavy atom. The summed E-state index contributed by atoms with van der Waals surface area (Å²) in [5.41, 5.74) is 2.19. The minimum Gasteiger partial charge on any atom is -0.347 e. The smallest absolute Gasteiger partial charge is 0.319 e. The lowest BCUT2D eigenvalue weighted by atomic mass is 10.0. The molecular formula is C14H20N4O2S. The van der Waals surface area contributed by atoms with Crippen molar-refractivity contribution in [2.24, 2.45) is 0 Å². The molecule has 0 aliphatic carbocycles. The van der Waals surface area contributed by atoms with E-state index in [2.05, 4.69) is 27.9 Å². The second-order valence-corrected chi connectivity index (χ2v) is 6.29. The van der Waals surface area contributed by atoms with Crippen molar-refractivity contribution in [2.45, 2.75) is 46.7 Å². The first-order valence-electron chi connectivity index (χ1n) is 6.94. The zero-order valence-corrected chi connectivity index (χ0v) is 13.5. The molecule has 3 amide bonds. The zero-order chi connectivity index (χ0) is 15.6. The Labute approximate surface area is 128 Å². The van der Waals surface area contributed by atoms with Gasteiger partial charge in [-0.15, -0.1) is 11.3 Å². The van der Waals surface area contributed by atoms with Crippen LogP contribution >= 0.6 is 11.3 Å². The van der Waals surface area contributed by atoms with Gasteiger partial charge < -0.3 is 16.0 Å². The van der Waals surface area contributed by atoms with Gasteiger partial charge in [0.1, 0.15) is 0 Å². The fourth-order valence-electron chi connectivity index (χ4n) is 2.42. The summed E-state index contributed by atoms with van der Waals surface area (Å²) in [6, 6.07) is -0.574. The average molecular weight is 308 g/mol. The third-order valence-electron chi connectivity index (χ3n) is 3.36. The summed E-state index contributed by atoms with van der Waals surface area (Å²) in [5.74, 6) is -0.166. The number of aromatic nitrogens is 1. The van der Waals surface area contributed by atoms with Crippen molar-refractivity contribution in [1.82, 2.24) is 20.9 Å². The van der Waals surface area contributed by atoms with E-state index < -0.39 is 0 Å². The van der Waals surface area contributed by atoms with Crippen LogP contribution in [0.25, 0.3) is 0 Å². The highest BCUT2D eigenvalue weighted by molar-refractivity contribution is 7.11. The number of rotatable bonds is 4. The van der Waals surface area contributed by atoms with Crippen LogP contribution in [0.15, 0.2) is 11.3 Å². The highest BCUT2D eigenvalue weighted by Crippen LogP contribution is 2.19. The van der Waals surface area contributed by atoms with E-state index in [-0.39, 0.29) is 18.0 Å². The van der Waals surface area contributed by atoms with Gasteiger partial charge in [-0.05, 0) is 27.2 Å². The molecule has 7 heteroatoms. The number of urea groups is 1. The summed E-state index contributed by atoms with van der Waals surface area (Å²) in [4.78, 5) is 29.2. The Balaban J connectivity index is 2.08. The lowest BCUT2D eigenvalue weighted by Crippen LogP contribution is -2.50. The van der Waals surface area contributed by atoms with E-state index in [1.807, 2.05) is 6.92 Å². The monoisotopic (exact) mass is 308 g/mol. The number of carbonyl (C=O) groups is 2. The number of hydrogen-bond donors (Lipinski definition) is 3. The Bertz CT molecular complexity index is 606. The molecule has 2 rings (SSSR count). The maximum absolute atomic E-state index is 12.3. The quantitative estimate of drug-likeness (QED) is 0.790. The molecule has 1 aromatic heterocycles. The van der Waals surface area contributed by atoms with Crippen molar-refractivity contribution in [3.8, 4) is 0 Å². The van der Waals surface area contributed by atoms with Crippen LogP contribution in [0.1, 0.15) is 36.3 Å². The van der Waals surface area contributed by atoms with E-state index in [0.29, 0.717) is 17.8 Å². The first kappa shape index (κ1) is 15.5. The number of thiazole rings is 1. The van der Waals surface area contributed by atoms with E-state index in [1.54, 1.807) is 25.2 Å². The number of hydrogen-bond acceptors (Lipinski definition) is 4. The molecule has 114 valence electrons. The lowest BCUT2D eigenvalue weighted by molar-refractivity contribution is -0.118. The molecular weight excluding hydrogens is 288 g/mol. The summed E-state index contributed by atoms with van der Waals surface area (Å²) in [5, 5.41) is 9.23. The van der Waals surface area contributed by atoms with Gasteiger partial charge in [0.2, 0.25) is 0 Å². The van der Waals surface area contributed by atoms with Gasteiger partial charge in [-0.2, -0.15) is 0 Å². The van der Waals surface area contributed by atoms with E-state index in [1.165, 1.54) is 0 Å². The SMILES string of the molecule is CCc1nc(C)sc1CNC(=O)C1=C(C)NC(=O)N[C@@H]1C. The average Bonchev–Trinajstić information content (AvgIpc) is 2.75. The van der Waals surface area contributed by atoms with Crippen LogP contribution in [0.5, 0.6) is 0 Å². The van der Waals surface area contributed by atoms with Crippen LogP contribution < -0.4 is 16.0 Å². The van der Waals surface area contributed by atoms with Crippen molar-refractivity contribution >= 4 is 23.3 Å². The molecule has 0 saturated carbocycles. The molecule has 0 bridgehead atoms. The lowest BCUT2D eigenvalue weighted by Gasteiger charge is -2.25. The Morgan fingerprint density at radius 3 is 2.76 bits per heavy atom. The van der Waals surface area contributed by atoms with Crippen LogP contribution in [0.3, 0.4) is 0 Å². The summed E-state index contributed by atoms with van der Waals surface area (Å²) in [6.07, 6.45) is 0.852. The van der Waals surface area contributed by atoms with Crippen LogP contribution in [0.2, 0.25) is 0 Å². The van der Waals surface area contributed by atoms with Gasteiger partial charge in [0.15, 0.2) is 0 Å². The minimum atomic E-state index is -0.299. The summed E-state index contributed by atoms with van der Waals surface area (Å²) < 4.78 is 0. The highest BCUT2D eigenvalue weighted by atomic mass is 32.1. The second-order valence-electron chi connectivity index (χ2n) is 5.00. The molecule has 2 heterocycles. The molecule has 6 nitrogen and oxygen atoms in total. The van der Waals surface area contributed by atoms with E-state index in [9.17, 15) is 9.59 Å². The van der Waals surface area contributed by atoms with Crippen LogP contribution in [0, 0.1) is 6.92 Å². The number of amides is 3. The molecule has 0 spiro atoms. The molecule has 1 aromatic rings. The Hall–Kier alpha value is -1.89. The van der Waals surface area contributed by atoms with Gasteiger partial charge in [-0.1, -0.05) is 6.92 Å². The summed E-state index contributed by atoms with van der Waals surface area (Å²) >= 11 is 1.60. The number of aryl methyl sites for hydroxylation is 2. The first-order valence-corrected chi connectivity index (χ1v) is 7.75. The van der Waals surface area contributed by atoms with Crippen LogP contribution in [-0.2, 0) is 17.8 Å². The molecule has 1 atom stereocenters. The van der Waals surface area contributed by atoms with Crippen LogP contribution in [-0.4, -0.2) is 23.0 Å². The molecule has 0 aromatic carbocycles. The fraction of sp³-hybridized carbons (Fsp3) is 0.500. The van der Waals surface area contributed by atoms with Crippen molar-refractivity contribution < 1.29 is 9.59 Å². The van der Waals surface area contributed by atoms with Gasteiger partial charge >= 0.3 is 6.03 Å². The van der Waals surface area contributed by atoms with Gasteiger partial charge in [0.05, 0.1) is 28.9 Å². The molecule has 0 unspecified atom stereocenters. The van der Waals surface area contributed by atoms with Crippen LogP contribution in [0.4, 0.5) is 4.79 Å². The number of nitrogens with zero attached hydrogens (tertiary/aromatic N) is 1. The largest absolute Gasteiger partial charge is 0.347 e.